The van der Waals surface area contributed by atoms with E-state index in [1.807, 2.05) is 11.8 Å². The Hall–Kier alpha value is -0.460. The van der Waals surface area contributed by atoms with Gasteiger partial charge in [-0.25, -0.2) is 0 Å². The lowest BCUT2D eigenvalue weighted by Crippen LogP contribution is -2.42. The molecule has 1 amide bonds. The minimum absolute atomic E-state index is 0. The molecule has 1 aliphatic rings. The largest absolute Gasteiger partial charge is 0.354 e. The van der Waals surface area contributed by atoms with E-state index in [0.29, 0.717) is 19.0 Å². The van der Waals surface area contributed by atoms with Crippen LogP contribution in [0.4, 0.5) is 0 Å². The normalized spacial score (nSPS) is 18.2. The Bertz CT molecular complexity index is 479. The predicted octanol–water partition coefficient (Wildman–Crippen LogP) is 2.65. The van der Waals surface area contributed by atoms with Gasteiger partial charge in [-0.15, -0.1) is 24.8 Å². The Kier molecular flexibility index (Phi) is 11.8. The SMILES string of the molecule is Cc1ccc(C(CNC(=O)CC2CSCCN2)N(C)C)cc1.Cl.Cl. The summed E-state index contributed by atoms with van der Waals surface area (Å²) >= 11 is 1.92. The summed E-state index contributed by atoms with van der Waals surface area (Å²) in [7, 11) is 4.10. The van der Waals surface area contributed by atoms with Gasteiger partial charge in [0.15, 0.2) is 0 Å². The maximum Gasteiger partial charge on any atom is 0.221 e. The average Bonchev–Trinajstić information content (AvgIpc) is 2.50. The van der Waals surface area contributed by atoms with Gasteiger partial charge in [-0.2, -0.15) is 11.8 Å². The molecule has 2 rings (SSSR count). The third kappa shape index (κ3) is 7.62. The van der Waals surface area contributed by atoms with Crippen molar-refractivity contribution >= 4 is 42.5 Å². The first-order valence-electron chi connectivity index (χ1n) is 7.87. The zero-order chi connectivity index (χ0) is 15.9. The Balaban J connectivity index is 0.00000264. The highest BCUT2D eigenvalue weighted by atomic mass is 35.5. The summed E-state index contributed by atoms with van der Waals surface area (Å²) in [4.78, 5) is 14.3. The van der Waals surface area contributed by atoms with Crippen molar-refractivity contribution < 1.29 is 4.79 Å². The molecular formula is C17H29Cl2N3OS. The number of aryl methyl sites for hydroxylation is 1. The van der Waals surface area contributed by atoms with E-state index in [2.05, 4.69) is 60.8 Å². The van der Waals surface area contributed by atoms with Crippen molar-refractivity contribution in [1.82, 2.24) is 15.5 Å². The highest BCUT2D eigenvalue weighted by Gasteiger charge is 2.19. The molecule has 138 valence electrons. The van der Waals surface area contributed by atoms with Crippen LogP contribution in [0.2, 0.25) is 0 Å². The van der Waals surface area contributed by atoms with Crippen LogP contribution in [0.15, 0.2) is 24.3 Å². The molecule has 1 aromatic carbocycles. The van der Waals surface area contributed by atoms with Gasteiger partial charge in [0.2, 0.25) is 5.91 Å². The smallest absolute Gasteiger partial charge is 0.221 e. The number of likely N-dealkylation sites (N-methyl/N-ethyl adjacent to an activating group) is 1. The highest BCUT2D eigenvalue weighted by molar-refractivity contribution is 7.99. The zero-order valence-corrected chi connectivity index (χ0v) is 17.0. The second kappa shape index (κ2) is 12.0. The zero-order valence-electron chi connectivity index (χ0n) is 14.6. The van der Waals surface area contributed by atoms with E-state index in [0.717, 1.165) is 18.1 Å². The molecule has 0 aliphatic carbocycles. The number of nitrogens with zero attached hydrogens (tertiary/aromatic N) is 1. The van der Waals surface area contributed by atoms with Crippen LogP contribution in [0.25, 0.3) is 0 Å². The molecule has 2 atom stereocenters. The molecule has 0 radical (unpaired) electrons. The van der Waals surface area contributed by atoms with E-state index in [1.165, 1.54) is 11.1 Å². The van der Waals surface area contributed by atoms with Gasteiger partial charge < -0.3 is 15.5 Å². The second-order valence-corrected chi connectivity index (χ2v) is 7.27. The summed E-state index contributed by atoms with van der Waals surface area (Å²) in [6.07, 6.45) is 0.570. The minimum Gasteiger partial charge on any atom is -0.354 e. The van der Waals surface area contributed by atoms with Crippen LogP contribution in [0.1, 0.15) is 23.6 Å². The number of hydrogen-bond donors (Lipinski definition) is 2. The number of carbonyl (C=O) groups excluding carboxylic acids is 1. The molecule has 0 aromatic heterocycles. The molecule has 1 fully saturated rings. The first-order valence-corrected chi connectivity index (χ1v) is 9.02. The van der Waals surface area contributed by atoms with Crippen LogP contribution in [-0.4, -0.2) is 55.5 Å². The van der Waals surface area contributed by atoms with E-state index in [4.69, 9.17) is 0 Å². The van der Waals surface area contributed by atoms with Gasteiger partial charge in [-0.05, 0) is 26.6 Å². The Morgan fingerprint density at radius 1 is 1.33 bits per heavy atom. The third-order valence-electron chi connectivity index (χ3n) is 4.01. The van der Waals surface area contributed by atoms with Gasteiger partial charge >= 0.3 is 0 Å². The van der Waals surface area contributed by atoms with E-state index < -0.39 is 0 Å². The topological polar surface area (TPSA) is 44.4 Å². The molecule has 4 nitrogen and oxygen atoms in total. The average molecular weight is 394 g/mol. The summed E-state index contributed by atoms with van der Waals surface area (Å²) in [5.74, 6) is 2.32. The number of amides is 1. The number of halogens is 2. The molecule has 1 aliphatic heterocycles. The fraction of sp³-hybridized carbons (Fsp3) is 0.588. The number of benzene rings is 1. The molecule has 0 bridgehead atoms. The van der Waals surface area contributed by atoms with Gasteiger partial charge in [-0.1, -0.05) is 29.8 Å². The molecule has 1 saturated heterocycles. The van der Waals surface area contributed by atoms with E-state index in [9.17, 15) is 4.79 Å². The summed E-state index contributed by atoms with van der Waals surface area (Å²) in [6.45, 7) is 3.74. The summed E-state index contributed by atoms with van der Waals surface area (Å²) in [5.41, 5.74) is 2.49. The van der Waals surface area contributed by atoms with Gasteiger partial charge in [0, 0.05) is 37.1 Å². The Morgan fingerprint density at radius 2 is 2.00 bits per heavy atom. The number of carbonyl (C=O) groups is 1. The second-order valence-electron chi connectivity index (χ2n) is 6.12. The monoisotopic (exact) mass is 393 g/mol. The van der Waals surface area contributed by atoms with E-state index >= 15 is 0 Å². The van der Waals surface area contributed by atoms with Crippen molar-refractivity contribution in [2.45, 2.75) is 25.4 Å². The lowest BCUT2D eigenvalue weighted by molar-refractivity contribution is -0.121. The van der Waals surface area contributed by atoms with Crippen LogP contribution in [0.5, 0.6) is 0 Å². The number of thioether (sulfide) groups is 1. The molecule has 2 N–H and O–H groups in total. The number of hydrogen-bond acceptors (Lipinski definition) is 4. The fourth-order valence-corrected chi connectivity index (χ4v) is 3.59. The molecule has 2 unspecified atom stereocenters. The maximum absolute atomic E-state index is 12.1. The van der Waals surface area contributed by atoms with E-state index in [-0.39, 0.29) is 36.8 Å². The molecule has 1 heterocycles. The lowest BCUT2D eigenvalue weighted by atomic mass is 10.0. The van der Waals surface area contributed by atoms with Gasteiger partial charge in [0.25, 0.3) is 0 Å². The van der Waals surface area contributed by atoms with Crippen molar-refractivity contribution in [3.8, 4) is 0 Å². The van der Waals surface area contributed by atoms with Crippen molar-refractivity contribution in [3.63, 3.8) is 0 Å². The molecule has 24 heavy (non-hydrogen) atoms. The standard InChI is InChI=1S/C17H27N3OS.2ClH/c1-13-4-6-14(7-5-13)16(20(2)3)11-19-17(21)10-15-12-22-9-8-18-15;;/h4-7,15-16,18H,8-12H2,1-3H3,(H,19,21);2*1H. The van der Waals surface area contributed by atoms with Crippen molar-refractivity contribution in [3.05, 3.63) is 35.4 Å². The Labute approximate surface area is 162 Å². The minimum atomic E-state index is 0. The number of nitrogens with one attached hydrogen (secondary N) is 2. The molecular weight excluding hydrogens is 365 g/mol. The van der Waals surface area contributed by atoms with Gasteiger partial charge in [0.1, 0.15) is 0 Å². The summed E-state index contributed by atoms with van der Waals surface area (Å²) in [5, 5.41) is 6.50. The number of rotatable bonds is 6. The molecule has 0 saturated carbocycles. The fourth-order valence-electron chi connectivity index (χ4n) is 2.64. The quantitative estimate of drug-likeness (QED) is 0.779. The molecule has 1 aromatic rings. The van der Waals surface area contributed by atoms with Crippen molar-refractivity contribution in [2.75, 3.05) is 38.7 Å². The van der Waals surface area contributed by atoms with Crippen LogP contribution < -0.4 is 10.6 Å². The van der Waals surface area contributed by atoms with Crippen LogP contribution >= 0.6 is 36.6 Å². The van der Waals surface area contributed by atoms with Crippen LogP contribution in [0, 0.1) is 6.92 Å². The van der Waals surface area contributed by atoms with Crippen molar-refractivity contribution in [2.24, 2.45) is 0 Å². The lowest BCUT2D eigenvalue weighted by Gasteiger charge is -2.26. The Morgan fingerprint density at radius 3 is 2.54 bits per heavy atom. The van der Waals surface area contributed by atoms with Crippen LogP contribution in [0.3, 0.4) is 0 Å². The third-order valence-corrected chi connectivity index (χ3v) is 5.14. The first-order chi connectivity index (χ1) is 10.6. The molecule has 7 heteroatoms. The summed E-state index contributed by atoms with van der Waals surface area (Å²) < 4.78 is 0. The highest BCUT2D eigenvalue weighted by Crippen LogP contribution is 2.18. The predicted molar refractivity (Wildman–Crippen MR) is 109 cm³/mol. The van der Waals surface area contributed by atoms with Crippen molar-refractivity contribution in [1.29, 1.82) is 0 Å². The maximum atomic E-state index is 12.1. The molecule has 0 spiro atoms. The van der Waals surface area contributed by atoms with Crippen LogP contribution in [-0.2, 0) is 4.79 Å². The first kappa shape index (κ1) is 23.5. The van der Waals surface area contributed by atoms with Gasteiger partial charge in [0.05, 0.1) is 6.04 Å². The summed E-state index contributed by atoms with van der Waals surface area (Å²) in [6, 6.07) is 9.05. The van der Waals surface area contributed by atoms with Gasteiger partial charge in [-0.3, -0.25) is 4.79 Å². The van der Waals surface area contributed by atoms with E-state index in [1.54, 1.807) is 0 Å².